The summed E-state index contributed by atoms with van der Waals surface area (Å²) in [6, 6.07) is 18.8. The lowest BCUT2D eigenvalue weighted by Gasteiger charge is -2.14. The Bertz CT molecular complexity index is 1110. The van der Waals surface area contributed by atoms with Crippen molar-refractivity contribution in [3.05, 3.63) is 71.2 Å². The van der Waals surface area contributed by atoms with Crippen molar-refractivity contribution >= 4 is 57.5 Å². The second-order valence-electron chi connectivity index (χ2n) is 7.00. The van der Waals surface area contributed by atoms with E-state index in [4.69, 9.17) is 11.6 Å². The fraction of sp³-hybridized carbons (Fsp3) is 0.174. The fourth-order valence-corrected chi connectivity index (χ4v) is 4.64. The van der Waals surface area contributed by atoms with Crippen molar-refractivity contribution < 1.29 is 14.4 Å². The molecule has 1 N–H and O–H groups in total. The van der Waals surface area contributed by atoms with Gasteiger partial charge in [0.15, 0.2) is 0 Å². The molecular formula is C23H19ClN2O3S. The minimum Gasteiger partial charge on any atom is -0.325 e. The molecule has 0 bridgehead atoms. The largest absolute Gasteiger partial charge is 0.325 e. The van der Waals surface area contributed by atoms with Gasteiger partial charge in [0.05, 0.1) is 12.3 Å². The predicted octanol–water partition coefficient (Wildman–Crippen LogP) is 4.87. The van der Waals surface area contributed by atoms with Gasteiger partial charge in [-0.3, -0.25) is 19.3 Å². The number of hydrogen-bond acceptors (Lipinski definition) is 4. The molecule has 1 fully saturated rings. The molecule has 0 saturated carbocycles. The molecule has 3 aromatic rings. The Balaban J connectivity index is 1.36. The van der Waals surface area contributed by atoms with Crippen LogP contribution in [0.3, 0.4) is 0 Å². The highest BCUT2D eigenvalue weighted by atomic mass is 35.5. The third-order valence-electron chi connectivity index (χ3n) is 4.91. The van der Waals surface area contributed by atoms with Gasteiger partial charge in [-0.05, 0) is 35.2 Å². The van der Waals surface area contributed by atoms with Gasteiger partial charge < -0.3 is 5.32 Å². The topological polar surface area (TPSA) is 66.5 Å². The van der Waals surface area contributed by atoms with Crippen molar-refractivity contribution in [1.29, 1.82) is 0 Å². The first-order valence-electron chi connectivity index (χ1n) is 9.53. The number of benzene rings is 3. The molecule has 3 aromatic carbocycles. The third kappa shape index (κ3) is 4.50. The van der Waals surface area contributed by atoms with Gasteiger partial charge in [0.25, 0.3) is 0 Å². The Hall–Kier alpha value is -2.83. The molecule has 3 amide bonds. The summed E-state index contributed by atoms with van der Waals surface area (Å²) in [7, 11) is 0. The summed E-state index contributed by atoms with van der Waals surface area (Å²) >= 11 is 7.78. The van der Waals surface area contributed by atoms with Crippen LogP contribution in [0.2, 0.25) is 5.02 Å². The molecule has 7 heteroatoms. The van der Waals surface area contributed by atoms with Crippen molar-refractivity contribution in [3.8, 4) is 0 Å². The molecule has 0 radical (unpaired) electrons. The van der Waals surface area contributed by atoms with E-state index in [1.807, 2.05) is 48.5 Å². The van der Waals surface area contributed by atoms with Gasteiger partial charge in [-0.2, -0.15) is 0 Å². The monoisotopic (exact) mass is 438 g/mol. The van der Waals surface area contributed by atoms with Gasteiger partial charge in [-0.1, -0.05) is 48.0 Å². The SMILES string of the molecule is O=C(CSc1cccc2cccc(Cl)c12)Nc1ccc(CN2C(=O)CCC2=O)cc1. The van der Waals surface area contributed by atoms with Crippen LogP contribution in [-0.2, 0) is 20.9 Å². The first-order valence-corrected chi connectivity index (χ1v) is 10.9. The lowest BCUT2D eigenvalue weighted by Crippen LogP contribution is -2.28. The van der Waals surface area contributed by atoms with Crippen LogP contribution in [0.15, 0.2) is 65.6 Å². The van der Waals surface area contributed by atoms with Gasteiger partial charge in [0.2, 0.25) is 17.7 Å². The van der Waals surface area contributed by atoms with Crippen LogP contribution in [0, 0.1) is 0 Å². The number of carbonyl (C=O) groups is 3. The summed E-state index contributed by atoms with van der Waals surface area (Å²) in [6.07, 6.45) is 0.569. The Morgan fingerprint density at radius 2 is 1.63 bits per heavy atom. The summed E-state index contributed by atoms with van der Waals surface area (Å²) in [4.78, 5) is 38.1. The smallest absolute Gasteiger partial charge is 0.234 e. The van der Waals surface area contributed by atoms with Crippen molar-refractivity contribution in [1.82, 2.24) is 4.90 Å². The minimum absolute atomic E-state index is 0.123. The molecule has 5 nitrogen and oxygen atoms in total. The van der Waals surface area contributed by atoms with Crippen LogP contribution in [0.4, 0.5) is 5.69 Å². The minimum atomic E-state index is -0.136. The van der Waals surface area contributed by atoms with E-state index in [0.717, 1.165) is 21.2 Å². The first-order chi connectivity index (χ1) is 14.5. The molecular weight excluding hydrogens is 420 g/mol. The Morgan fingerprint density at radius 3 is 2.33 bits per heavy atom. The zero-order valence-electron chi connectivity index (χ0n) is 16.1. The van der Waals surface area contributed by atoms with Crippen LogP contribution >= 0.6 is 23.4 Å². The first kappa shape index (κ1) is 20.4. The molecule has 1 heterocycles. The molecule has 30 heavy (non-hydrogen) atoms. The Morgan fingerprint density at radius 1 is 0.967 bits per heavy atom. The van der Waals surface area contributed by atoms with Crippen LogP contribution in [0.5, 0.6) is 0 Å². The third-order valence-corrected chi connectivity index (χ3v) is 6.28. The number of thioether (sulfide) groups is 1. The van der Waals surface area contributed by atoms with E-state index in [2.05, 4.69) is 5.32 Å². The number of imide groups is 1. The molecule has 1 aliphatic rings. The maximum atomic E-state index is 12.4. The zero-order valence-corrected chi connectivity index (χ0v) is 17.6. The molecule has 0 spiro atoms. The summed E-state index contributed by atoms with van der Waals surface area (Å²) < 4.78 is 0. The number of halogens is 1. The number of nitrogens with one attached hydrogen (secondary N) is 1. The molecule has 0 unspecified atom stereocenters. The van der Waals surface area contributed by atoms with E-state index >= 15 is 0 Å². The molecule has 1 aliphatic heterocycles. The predicted molar refractivity (Wildman–Crippen MR) is 120 cm³/mol. The summed E-state index contributed by atoms with van der Waals surface area (Å²) in [5.74, 6) is -0.143. The summed E-state index contributed by atoms with van der Waals surface area (Å²) in [6.45, 7) is 0.267. The van der Waals surface area contributed by atoms with Crippen molar-refractivity contribution in [2.75, 3.05) is 11.1 Å². The van der Waals surface area contributed by atoms with Gasteiger partial charge in [-0.15, -0.1) is 11.8 Å². The van der Waals surface area contributed by atoms with E-state index in [0.29, 0.717) is 10.7 Å². The number of amides is 3. The van der Waals surface area contributed by atoms with E-state index in [-0.39, 0.29) is 42.9 Å². The molecule has 0 aromatic heterocycles. The van der Waals surface area contributed by atoms with Crippen molar-refractivity contribution in [2.24, 2.45) is 0 Å². The standard InChI is InChI=1S/C23H19ClN2O3S/c24-18-5-1-3-16-4-2-6-19(23(16)18)30-14-20(27)25-17-9-7-15(8-10-17)13-26-21(28)11-12-22(26)29/h1-10H,11-14H2,(H,25,27). The highest BCUT2D eigenvalue weighted by Gasteiger charge is 2.28. The lowest BCUT2D eigenvalue weighted by molar-refractivity contribution is -0.139. The van der Waals surface area contributed by atoms with Gasteiger partial charge in [0, 0.05) is 33.8 Å². The van der Waals surface area contributed by atoms with Crippen LogP contribution in [0.25, 0.3) is 10.8 Å². The second kappa shape index (κ2) is 8.90. The number of fused-ring (bicyclic) bond motifs is 1. The average Bonchev–Trinajstić information content (AvgIpc) is 3.06. The number of anilines is 1. The highest BCUT2D eigenvalue weighted by molar-refractivity contribution is 8.00. The molecule has 152 valence electrons. The van der Waals surface area contributed by atoms with Gasteiger partial charge in [0.1, 0.15) is 0 Å². The molecule has 4 rings (SSSR count). The van der Waals surface area contributed by atoms with Crippen LogP contribution in [-0.4, -0.2) is 28.4 Å². The summed E-state index contributed by atoms with van der Waals surface area (Å²) in [5, 5.41) is 5.53. The van der Waals surface area contributed by atoms with E-state index < -0.39 is 0 Å². The molecule has 0 aliphatic carbocycles. The number of likely N-dealkylation sites (tertiary alicyclic amines) is 1. The zero-order chi connectivity index (χ0) is 21.1. The number of rotatable bonds is 6. The van der Waals surface area contributed by atoms with Crippen molar-refractivity contribution in [2.45, 2.75) is 24.3 Å². The number of nitrogens with zero attached hydrogens (tertiary/aromatic N) is 1. The van der Waals surface area contributed by atoms with Gasteiger partial charge in [-0.25, -0.2) is 0 Å². The highest BCUT2D eigenvalue weighted by Crippen LogP contribution is 2.33. The average molecular weight is 439 g/mol. The number of carbonyl (C=O) groups excluding carboxylic acids is 3. The maximum absolute atomic E-state index is 12.4. The van der Waals surface area contributed by atoms with E-state index in [1.54, 1.807) is 12.1 Å². The van der Waals surface area contributed by atoms with E-state index in [1.165, 1.54) is 16.7 Å². The molecule has 0 atom stereocenters. The molecule has 1 saturated heterocycles. The van der Waals surface area contributed by atoms with E-state index in [9.17, 15) is 14.4 Å². The normalized spacial score (nSPS) is 13.8. The maximum Gasteiger partial charge on any atom is 0.234 e. The van der Waals surface area contributed by atoms with Crippen LogP contribution in [0.1, 0.15) is 18.4 Å². The Labute approximate surface area is 183 Å². The second-order valence-corrected chi connectivity index (χ2v) is 8.43. The lowest BCUT2D eigenvalue weighted by atomic mass is 10.1. The van der Waals surface area contributed by atoms with Gasteiger partial charge >= 0.3 is 0 Å². The quantitative estimate of drug-likeness (QED) is 0.440. The summed E-state index contributed by atoms with van der Waals surface area (Å²) in [5.41, 5.74) is 1.51. The number of hydrogen-bond donors (Lipinski definition) is 1. The fourth-order valence-electron chi connectivity index (χ4n) is 3.40. The van der Waals surface area contributed by atoms with Crippen molar-refractivity contribution in [3.63, 3.8) is 0 Å². The van der Waals surface area contributed by atoms with Crippen LogP contribution < -0.4 is 5.32 Å². The Kier molecular flexibility index (Phi) is 6.06.